The average molecular weight is 347 g/mol. The Kier molecular flexibility index (Phi) is 4.60. The molecule has 1 aromatic carbocycles. The zero-order valence-corrected chi connectivity index (χ0v) is 13.6. The third-order valence-corrected chi connectivity index (χ3v) is 3.65. The molecular formula is C17H15F2N3O3. The summed E-state index contributed by atoms with van der Waals surface area (Å²) in [6.07, 6.45) is 1.40. The van der Waals surface area contributed by atoms with Crippen LogP contribution in [0.1, 0.15) is 21.6 Å². The second-order valence-electron chi connectivity index (χ2n) is 5.37. The number of fused-ring (bicyclic) bond motifs is 1. The van der Waals surface area contributed by atoms with E-state index in [-0.39, 0.29) is 17.9 Å². The molecule has 0 bridgehead atoms. The normalized spacial score (nSPS) is 11.1. The van der Waals surface area contributed by atoms with Crippen molar-refractivity contribution in [2.75, 3.05) is 0 Å². The summed E-state index contributed by atoms with van der Waals surface area (Å²) < 4.78 is 36.0. The van der Waals surface area contributed by atoms with Gasteiger partial charge in [0.1, 0.15) is 12.4 Å². The highest BCUT2D eigenvalue weighted by molar-refractivity contribution is 5.93. The van der Waals surface area contributed by atoms with E-state index >= 15 is 0 Å². The highest BCUT2D eigenvalue weighted by Crippen LogP contribution is 2.22. The molecule has 130 valence electrons. The van der Waals surface area contributed by atoms with E-state index in [9.17, 15) is 13.6 Å². The average Bonchev–Trinajstić information content (AvgIpc) is 2.87. The predicted octanol–water partition coefficient (Wildman–Crippen LogP) is 3.24. The number of halogens is 2. The van der Waals surface area contributed by atoms with Crippen molar-refractivity contribution in [3.63, 3.8) is 0 Å². The lowest BCUT2D eigenvalue weighted by molar-refractivity contribution is -0.0510. The second kappa shape index (κ2) is 6.84. The Morgan fingerprint density at radius 2 is 2.08 bits per heavy atom. The molecule has 8 heteroatoms. The summed E-state index contributed by atoms with van der Waals surface area (Å²) in [5.41, 5.74) is 2.01. The fourth-order valence-electron chi connectivity index (χ4n) is 2.48. The van der Waals surface area contributed by atoms with Crippen molar-refractivity contribution in [1.82, 2.24) is 14.8 Å². The van der Waals surface area contributed by atoms with Gasteiger partial charge in [0.05, 0.1) is 11.3 Å². The number of nitrogens with zero attached hydrogens (tertiary/aromatic N) is 3. The fourth-order valence-corrected chi connectivity index (χ4v) is 2.48. The van der Waals surface area contributed by atoms with E-state index in [1.807, 2.05) is 6.92 Å². The molecule has 0 aliphatic rings. The number of hydrogen-bond donors (Lipinski definition) is 0. The summed E-state index contributed by atoms with van der Waals surface area (Å²) in [5, 5.41) is 4.99. The number of rotatable bonds is 5. The molecule has 0 aliphatic carbocycles. The molecule has 25 heavy (non-hydrogen) atoms. The quantitative estimate of drug-likeness (QED) is 0.663. The molecule has 0 aliphatic heterocycles. The monoisotopic (exact) mass is 347 g/mol. The second-order valence-corrected chi connectivity index (χ2v) is 5.37. The van der Waals surface area contributed by atoms with Crippen LogP contribution in [0.2, 0.25) is 0 Å². The third kappa shape index (κ3) is 3.57. The van der Waals surface area contributed by atoms with Crippen LogP contribution in [0.4, 0.5) is 8.78 Å². The Morgan fingerprint density at radius 1 is 1.32 bits per heavy atom. The Labute approximate surface area is 142 Å². The highest BCUT2D eigenvalue weighted by Gasteiger charge is 2.15. The van der Waals surface area contributed by atoms with Gasteiger partial charge < -0.3 is 9.47 Å². The summed E-state index contributed by atoms with van der Waals surface area (Å²) in [6.45, 7) is -1.32. The smallest absolute Gasteiger partial charge is 0.387 e. The van der Waals surface area contributed by atoms with Crippen molar-refractivity contribution in [3.05, 3.63) is 53.3 Å². The number of ether oxygens (including phenoxy) is 2. The van der Waals surface area contributed by atoms with Crippen molar-refractivity contribution in [2.45, 2.75) is 20.1 Å². The van der Waals surface area contributed by atoms with Crippen LogP contribution in [0.15, 0.2) is 36.5 Å². The largest absolute Gasteiger partial charge is 0.457 e. The molecule has 6 nitrogen and oxygen atoms in total. The summed E-state index contributed by atoms with van der Waals surface area (Å²) in [4.78, 5) is 16.4. The van der Waals surface area contributed by atoms with Crippen LogP contribution in [0.25, 0.3) is 11.0 Å². The number of alkyl halides is 2. The van der Waals surface area contributed by atoms with Gasteiger partial charge in [-0.2, -0.15) is 13.9 Å². The number of aryl methyl sites for hydroxylation is 2. The molecule has 0 atom stereocenters. The summed E-state index contributed by atoms with van der Waals surface area (Å²) >= 11 is 0. The number of para-hydroxylation sites is 1. The Bertz CT molecular complexity index is 925. The number of pyridine rings is 1. The summed E-state index contributed by atoms with van der Waals surface area (Å²) in [6, 6.07) is 7.80. The van der Waals surface area contributed by atoms with Gasteiger partial charge in [-0.05, 0) is 19.1 Å². The van der Waals surface area contributed by atoms with E-state index in [1.165, 1.54) is 12.3 Å². The Hall–Kier alpha value is -3.03. The number of carbonyl (C=O) groups is 1. The van der Waals surface area contributed by atoms with Gasteiger partial charge in [0.25, 0.3) is 0 Å². The van der Waals surface area contributed by atoms with Crippen molar-refractivity contribution in [1.29, 1.82) is 0 Å². The molecule has 0 radical (unpaired) electrons. The predicted molar refractivity (Wildman–Crippen MR) is 85.4 cm³/mol. The van der Waals surface area contributed by atoms with E-state index in [1.54, 1.807) is 36.0 Å². The molecule has 3 rings (SSSR count). The van der Waals surface area contributed by atoms with Gasteiger partial charge in [-0.1, -0.05) is 18.2 Å². The van der Waals surface area contributed by atoms with Gasteiger partial charge in [-0.15, -0.1) is 0 Å². The number of hydrogen-bond acceptors (Lipinski definition) is 5. The first-order valence-corrected chi connectivity index (χ1v) is 7.45. The van der Waals surface area contributed by atoms with E-state index in [0.717, 1.165) is 11.1 Å². The topological polar surface area (TPSA) is 66.2 Å². The van der Waals surface area contributed by atoms with Gasteiger partial charge in [-0.25, -0.2) is 9.78 Å². The lowest BCUT2D eigenvalue weighted by Gasteiger charge is -2.11. The molecule has 0 fully saturated rings. The summed E-state index contributed by atoms with van der Waals surface area (Å²) in [7, 11) is 1.76. The van der Waals surface area contributed by atoms with Crippen molar-refractivity contribution >= 4 is 17.0 Å². The number of esters is 1. The molecule has 0 unspecified atom stereocenters. The summed E-state index contributed by atoms with van der Waals surface area (Å²) in [5.74, 6) is -0.633. The van der Waals surface area contributed by atoms with Crippen LogP contribution < -0.4 is 4.74 Å². The minimum atomic E-state index is -2.95. The molecule has 0 amide bonds. The van der Waals surface area contributed by atoms with Gasteiger partial charge in [0.2, 0.25) is 0 Å². The van der Waals surface area contributed by atoms with Gasteiger partial charge in [0.15, 0.2) is 5.65 Å². The van der Waals surface area contributed by atoms with E-state index < -0.39 is 12.6 Å². The minimum Gasteiger partial charge on any atom is -0.457 e. The van der Waals surface area contributed by atoms with Crippen molar-refractivity contribution in [3.8, 4) is 5.75 Å². The van der Waals surface area contributed by atoms with Crippen LogP contribution in [-0.4, -0.2) is 27.3 Å². The van der Waals surface area contributed by atoms with Gasteiger partial charge in [0, 0.05) is 24.2 Å². The molecule has 2 heterocycles. The maximum absolute atomic E-state index is 12.4. The van der Waals surface area contributed by atoms with Crippen molar-refractivity contribution < 1.29 is 23.0 Å². The van der Waals surface area contributed by atoms with Gasteiger partial charge in [-0.3, -0.25) is 4.68 Å². The molecular weight excluding hydrogens is 332 g/mol. The van der Waals surface area contributed by atoms with E-state index in [2.05, 4.69) is 14.8 Å². The van der Waals surface area contributed by atoms with E-state index in [0.29, 0.717) is 11.2 Å². The zero-order chi connectivity index (χ0) is 18.0. The van der Waals surface area contributed by atoms with Crippen molar-refractivity contribution in [2.24, 2.45) is 7.05 Å². The lowest BCUT2D eigenvalue weighted by Crippen LogP contribution is -2.09. The lowest BCUT2D eigenvalue weighted by atomic mass is 10.2. The van der Waals surface area contributed by atoms with E-state index in [4.69, 9.17) is 4.74 Å². The Morgan fingerprint density at radius 3 is 2.84 bits per heavy atom. The number of carbonyl (C=O) groups excluding carboxylic acids is 1. The maximum atomic E-state index is 12.4. The molecule has 0 N–H and O–H groups in total. The van der Waals surface area contributed by atoms with Crippen LogP contribution in [0, 0.1) is 6.92 Å². The molecule has 3 aromatic rings. The SMILES string of the molecule is Cc1nn(C)c2ncc(C(=O)OCc3ccccc3OC(F)F)cc12. The van der Waals surface area contributed by atoms with Crippen LogP contribution in [0.3, 0.4) is 0 Å². The van der Waals surface area contributed by atoms with Crippen LogP contribution in [0.5, 0.6) is 5.75 Å². The maximum Gasteiger partial charge on any atom is 0.387 e. The Balaban J connectivity index is 1.76. The standard InChI is InChI=1S/C17H15F2N3O3/c1-10-13-7-12(8-20-15(13)22(2)21-10)16(23)24-9-11-5-3-4-6-14(11)25-17(18)19/h3-8,17H,9H2,1-2H3. The van der Waals surface area contributed by atoms with Crippen LogP contribution in [-0.2, 0) is 18.4 Å². The van der Waals surface area contributed by atoms with Gasteiger partial charge >= 0.3 is 12.6 Å². The first-order valence-electron chi connectivity index (χ1n) is 7.45. The first kappa shape index (κ1) is 16.8. The molecule has 0 saturated heterocycles. The molecule has 0 spiro atoms. The fraction of sp³-hybridized carbons (Fsp3) is 0.235. The third-order valence-electron chi connectivity index (χ3n) is 3.65. The van der Waals surface area contributed by atoms with Crippen LogP contribution >= 0.6 is 0 Å². The zero-order valence-electron chi connectivity index (χ0n) is 13.6. The molecule has 2 aromatic heterocycles. The first-order chi connectivity index (χ1) is 12.0. The highest BCUT2D eigenvalue weighted by atomic mass is 19.3. The number of aromatic nitrogens is 3. The minimum absolute atomic E-state index is 0.0259. The molecule has 0 saturated carbocycles. The number of benzene rings is 1.